The average molecular weight is 783 g/mol. The van der Waals surface area contributed by atoms with Crippen LogP contribution >= 0.6 is 11.3 Å². The zero-order valence-electron chi connectivity index (χ0n) is 33.0. The van der Waals surface area contributed by atoms with E-state index >= 15 is 0 Å². The van der Waals surface area contributed by atoms with E-state index in [0.29, 0.717) is 16.8 Å². The van der Waals surface area contributed by atoms with Gasteiger partial charge in [-0.05, 0) is 70.8 Å². The molecule has 3 aromatic heterocycles. The molecule has 0 unspecified atom stereocenters. The molecule has 6 heteroatoms. The number of aryl methyl sites for hydroxylation is 2. The van der Waals surface area contributed by atoms with Crippen molar-refractivity contribution >= 4 is 21.4 Å². The number of pyridine rings is 2. The summed E-state index contributed by atoms with van der Waals surface area (Å²) in [7, 11) is 0. The van der Waals surface area contributed by atoms with Crippen LogP contribution in [-0.4, -0.2) is 9.97 Å². The summed E-state index contributed by atoms with van der Waals surface area (Å²) in [6, 6.07) is 23.7. The van der Waals surface area contributed by atoms with E-state index in [0.717, 1.165) is 21.3 Å². The minimum absolute atomic E-state index is 0. The molecule has 3 aromatic carbocycles. The third kappa shape index (κ3) is 7.92. The number of nitrogens with zero attached hydrogens (tertiary/aromatic N) is 3. The maximum Gasteiger partial charge on any atom is 0.0983 e. The molecular weight excluding hydrogens is 742 g/mol. The Bertz CT molecular complexity index is 2280. The number of fused-ring (bicyclic) bond motifs is 1. The van der Waals surface area contributed by atoms with Crippen LogP contribution in [0.1, 0.15) is 55.4 Å². The summed E-state index contributed by atoms with van der Waals surface area (Å²) in [5.74, 6) is -0.278. The quantitative estimate of drug-likeness (QED) is 0.167. The molecule has 0 saturated heterocycles. The largest absolute Gasteiger partial charge is 0.305 e. The second kappa shape index (κ2) is 14.2. The summed E-state index contributed by atoms with van der Waals surface area (Å²) in [5, 5.41) is 13.1. The summed E-state index contributed by atoms with van der Waals surface area (Å²) < 4.78 is 88.4. The first-order chi connectivity index (χ1) is 24.2. The number of nitriles is 1. The molecule has 6 aromatic rings. The number of rotatable bonds is 4. The second-order valence-corrected chi connectivity index (χ2v) is 11.6. The van der Waals surface area contributed by atoms with E-state index in [1.165, 1.54) is 47.9 Å². The van der Waals surface area contributed by atoms with Crippen molar-refractivity contribution in [1.29, 1.82) is 5.26 Å². The van der Waals surface area contributed by atoms with Crippen LogP contribution < -0.4 is 0 Å². The molecule has 0 bridgehead atoms. The molecule has 6 rings (SSSR count). The smallest absolute Gasteiger partial charge is 0.0983 e. The maximum absolute atomic E-state index is 12.6. The fourth-order valence-electron chi connectivity index (χ4n) is 4.35. The van der Waals surface area contributed by atoms with E-state index in [2.05, 4.69) is 27.5 Å². The number of hydrogen-bond acceptors (Lipinski definition) is 4. The van der Waals surface area contributed by atoms with Crippen molar-refractivity contribution in [3.05, 3.63) is 131 Å². The van der Waals surface area contributed by atoms with Crippen molar-refractivity contribution in [3.8, 4) is 39.7 Å². The standard InChI is InChI=1S/C27H25N2S.C11H7FN.Ir/c1-17-10-19(13-27(3,4)5)6-8-21(17)23-12-25(29-15-18(23)2)24-16-30-26-11-20(14-28)7-9-22(24)26;12-10-6-4-9(5-7-10)11-3-1-2-8-13-11;/h6-12,15H,13H2,1-5H3;1-4,6-8H;/q2*-1;/i1D3,2D3,8D,13D2;;. The number of thiophene rings is 1. The van der Waals surface area contributed by atoms with Crippen molar-refractivity contribution in [3.63, 3.8) is 0 Å². The van der Waals surface area contributed by atoms with Crippen molar-refractivity contribution in [1.82, 2.24) is 9.97 Å². The molecule has 223 valence electrons. The van der Waals surface area contributed by atoms with E-state index < -0.39 is 25.5 Å². The molecule has 0 atom stereocenters. The first-order valence-electron chi connectivity index (χ1n) is 17.8. The molecule has 0 amide bonds. The van der Waals surface area contributed by atoms with Crippen LogP contribution in [0.5, 0.6) is 0 Å². The van der Waals surface area contributed by atoms with Gasteiger partial charge in [0.2, 0.25) is 0 Å². The minimum atomic E-state index is -2.76. The van der Waals surface area contributed by atoms with Crippen molar-refractivity contribution in [2.75, 3.05) is 0 Å². The summed E-state index contributed by atoms with van der Waals surface area (Å²) in [5.41, 5.74) is 1.50. The van der Waals surface area contributed by atoms with Crippen molar-refractivity contribution in [2.45, 2.75) is 40.8 Å². The zero-order chi connectivity index (χ0) is 38.2. The third-order valence-electron chi connectivity index (χ3n) is 6.25. The van der Waals surface area contributed by atoms with Crippen molar-refractivity contribution in [2.24, 2.45) is 5.41 Å². The van der Waals surface area contributed by atoms with E-state index in [9.17, 15) is 9.65 Å². The average Bonchev–Trinajstić information content (AvgIpc) is 3.50. The Kier molecular flexibility index (Phi) is 7.25. The van der Waals surface area contributed by atoms with Gasteiger partial charge in [0.05, 0.1) is 7.44 Å². The minimum Gasteiger partial charge on any atom is -0.305 e. The Morgan fingerprint density at radius 1 is 1.00 bits per heavy atom. The summed E-state index contributed by atoms with van der Waals surface area (Å²) in [6.07, 6.45) is 0.903. The van der Waals surface area contributed by atoms with Gasteiger partial charge in [0.25, 0.3) is 0 Å². The van der Waals surface area contributed by atoms with Gasteiger partial charge < -0.3 is 9.97 Å². The van der Waals surface area contributed by atoms with Gasteiger partial charge in [0.15, 0.2) is 0 Å². The Hall–Kier alpha value is -4.01. The van der Waals surface area contributed by atoms with Crippen LogP contribution in [0.15, 0.2) is 91.2 Å². The predicted octanol–water partition coefficient (Wildman–Crippen LogP) is 10.2. The number of hydrogen-bond donors (Lipinski definition) is 0. The number of aromatic nitrogens is 2. The maximum atomic E-state index is 12.6. The molecule has 0 aliphatic rings. The molecule has 0 aliphatic heterocycles. The van der Waals surface area contributed by atoms with Crippen LogP contribution in [0.2, 0.25) is 0 Å². The first-order valence-corrected chi connectivity index (χ1v) is 14.1. The van der Waals surface area contributed by atoms with Gasteiger partial charge in [-0.2, -0.15) is 5.26 Å². The Balaban J connectivity index is 0.000000375. The molecule has 0 saturated carbocycles. The molecule has 0 spiro atoms. The van der Waals surface area contributed by atoms with E-state index in [1.807, 2.05) is 18.2 Å². The first kappa shape index (κ1) is 22.5. The normalized spacial score (nSPS) is 14.8. The topological polar surface area (TPSA) is 49.6 Å². The van der Waals surface area contributed by atoms with Gasteiger partial charge in [-0.1, -0.05) is 79.4 Å². The molecule has 3 heterocycles. The third-order valence-corrected chi connectivity index (χ3v) is 7.11. The van der Waals surface area contributed by atoms with E-state index in [4.69, 9.17) is 12.3 Å². The summed E-state index contributed by atoms with van der Waals surface area (Å²) >= 11 is 1.27. The van der Waals surface area contributed by atoms with E-state index in [-0.39, 0.29) is 59.8 Å². The molecule has 44 heavy (non-hydrogen) atoms. The SMILES string of the molecule is Fc1c[c-]c(-c2ccccn2)cc1.[2H]c1cc(C([2H])([2H])C(C)(C)C)cc(C([2H])([2H])[2H])c1-c1cc(-c2[c-]sc3cc(C#N)ccc23)ncc1C([2H])([2H])[2H].[Ir]. The van der Waals surface area contributed by atoms with Crippen LogP contribution in [0.25, 0.3) is 43.7 Å². The second-order valence-electron chi connectivity index (χ2n) is 10.7. The predicted molar refractivity (Wildman–Crippen MR) is 175 cm³/mol. The Labute approximate surface area is 289 Å². The van der Waals surface area contributed by atoms with Gasteiger partial charge >= 0.3 is 0 Å². The molecule has 1 radical (unpaired) electrons. The Morgan fingerprint density at radius 3 is 2.52 bits per heavy atom. The van der Waals surface area contributed by atoms with Crippen LogP contribution in [0.3, 0.4) is 0 Å². The fourth-order valence-corrected chi connectivity index (χ4v) is 5.24. The van der Waals surface area contributed by atoms with Gasteiger partial charge in [-0.3, -0.25) is 15.7 Å². The monoisotopic (exact) mass is 783 g/mol. The van der Waals surface area contributed by atoms with Crippen LogP contribution in [0, 0.1) is 47.7 Å². The van der Waals surface area contributed by atoms with Crippen LogP contribution in [-0.2, 0) is 26.5 Å². The van der Waals surface area contributed by atoms with Crippen molar-refractivity contribution < 1.29 is 36.8 Å². The fraction of sp³-hybridized carbons (Fsp3) is 0.184. The molecule has 0 fully saturated rings. The summed E-state index contributed by atoms with van der Waals surface area (Å²) in [6.45, 7) is -0.381. The van der Waals surface area contributed by atoms with Gasteiger partial charge in [0.1, 0.15) is 0 Å². The van der Waals surface area contributed by atoms with Crippen LogP contribution in [0.4, 0.5) is 4.39 Å². The summed E-state index contributed by atoms with van der Waals surface area (Å²) in [4.78, 5) is 8.49. The van der Waals surface area contributed by atoms with Gasteiger partial charge in [-0.15, -0.1) is 46.8 Å². The molecular formula is C38H32FIrN3S-2. The number of halogens is 1. The molecule has 0 aliphatic carbocycles. The van der Waals surface area contributed by atoms with Gasteiger partial charge in [-0.25, -0.2) is 0 Å². The zero-order valence-corrected chi connectivity index (χ0v) is 27.3. The van der Waals surface area contributed by atoms with Gasteiger partial charge in [0, 0.05) is 54.8 Å². The van der Waals surface area contributed by atoms with E-state index in [1.54, 1.807) is 51.2 Å². The molecule has 3 nitrogen and oxygen atoms in total. The number of benzene rings is 3. The Morgan fingerprint density at radius 2 is 1.84 bits per heavy atom. The molecule has 0 N–H and O–H groups in total.